The molecule has 5 heteroatoms. The van der Waals surface area contributed by atoms with Gasteiger partial charge in [0.05, 0.1) is 13.5 Å². The summed E-state index contributed by atoms with van der Waals surface area (Å²) in [6.45, 7) is 7.14. The zero-order chi connectivity index (χ0) is 27.0. The lowest BCUT2D eigenvalue weighted by atomic mass is 9.76. The summed E-state index contributed by atoms with van der Waals surface area (Å²) in [4.78, 5) is 27.8. The Balaban J connectivity index is 1.28. The molecule has 200 valence electrons. The molecule has 1 heterocycles. The van der Waals surface area contributed by atoms with Crippen molar-refractivity contribution in [3.05, 3.63) is 95.6 Å². The first-order valence-electron chi connectivity index (χ1n) is 13.7. The number of nitrogens with zero attached hydrogens (tertiary/aromatic N) is 1. The molecule has 0 radical (unpaired) electrons. The van der Waals surface area contributed by atoms with Crippen molar-refractivity contribution in [3.8, 4) is 11.1 Å². The van der Waals surface area contributed by atoms with Gasteiger partial charge in [0.2, 0.25) is 0 Å². The minimum absolute atomic E-state index is 0.000984. The normalized spacial score (nSPS) is 16.0. The number of esters is 1. The maximum atomic E-state index is 13.2. The average Bonchev–Trinajstić information content (AvgIpc) is 2.95. The Morgan fingerprint density at radius 2 is 1.61 bits per heavy atom. The second-order valence-corrected chi connectivity index (χ2v) is 10.8. The Kier molecular flexibility index (Phi) is 9.35. The van der Waals surface area contributed by atoms with Gasteiger partial charge < -0.3 is 15.0 Å². The number of aryl methyl sites for hydroxylation is 1. The van der Waals surface area contributed by atoms with Gasteiger partial charge in [-0.25, -0.2) is 0 Å². The SMILES string of the molecule is COC(=O)CC(C)(CCCN1CCC(NC(=O)c2ccccc2-c2ccc(C)cc2)CC1)c1ccccc1. The summed E-state index contributed by atoms with van der Waals surface area (Å²) < 4.78 is 4.99. The van der Waals surface area contributed by atoms with Crippen molar-refractivity contribution >= 4 is 11.9 Å². The van der Waals surface area contributed by atoms with E-state index in [1.807, 2.05) is 42.5 Å². The molecule has 1 atom stereocenters. The topological polar surface area (TPSA) is 58.6 Å². The molecule has 0 saturated carbocycles. The van der Waals surface area contributed by atoms with Crippen LogP contribution in [-0.2, 0) is 14.9 Å². The number of nitrogens with one attached hydrogen (secondary N) is 1. The number of amides is 1. The number of methoxy groups -OCH3 is 1. The highest BCUT2D eigenvalue weighted by Crippen LogP contribution is 2.33. The maximum absolute atomic E-state index is 13.2. The average molecular weight is 513 g/mol. The summed E-state index contributed by atoms with van der Waals surface area (Å²) in [6.07, 6.45) is 4.18. The van der Waals surface area contributed by atoms with Crippen LogP contribution in [-0.4, -0.2) is 49.6 Å². The number of hydrogen-bond acceptors (Lipinski definition) is 4. The summed E-state index contributed by atoms with van der Waals surface area (Å²) in [5.41, 5.74) is 4.89. The van der Waals surface area contributed by atoms with Gasteiger partial charge in [-0.3, -0.25) is 9.59 Å². The summed E-state index contributed by atoms with van der Waals surface area (Å²) in [7, 11) is 1.46. The van der Waals surface area contributed by atoms with Gasteiger partial charge in [-0.05, 0) is 61.9 Å². The van der Waals surface area contributed by atoms with Gasteiger partial charge in [-0.15, -0.1) is 0 Å². The molecule has 1 N–H and O–H groups in total. The van der Waals surface area contributed by atoms with E-state index in [2.05, 4.69) is 60.5 Å². The Bertz CT molecular complexity index is 1200. The van der Waals surface area contributed by atoms with Gasteiger partial charge >= 0.3 is 5.97 Å². The number of rotatable bonds is 10. The predicted octanol–water partition coefficient (Wildman–Crippen LogP) is 6.16. The molecular formula is C33H40N2O3. The quantitative estimate of drug-likeness (QED) is 0.331. The molecule has 1 saturated heterocycles. The molecule has 0 bridgehead atoms. The van der Waals surface area contributed by atoms with Crippen molar-refractivity contribution in [2.24, 2.45) is 0 Å². The van der Waals surface area contributed by atoms with E-state index < -0.39 is 0 Å². The standard InChI is InChI=1S/C33H40N2O3/c1-25-14-16-26(17-15-25)29-12-7-8-13-30(29)32(37)34-28-18-22-35(23-19-28)21-9-20-33(2,24-31(36)38-3)27-10-5-4-6-11-27/h4-8,10-17,28H,9,18-24H2,1-3H3,(H,34,37). The third-order valence-corrected chi connectivity index (χ3v) is 7.89. The molecule has 3 aromatic carbocycles. The largest absolute Gasteiger partial charge is 0.469 e. The van der Waals surface area contributed by atoms with Gasteiger partial charge in [0, 0.05) is 30.1 Å². The molecule has 0 aromatic heterocycles. The highest BCUT2D eigenvalue weighted by molar-refractivity contribution is 6.01. The van der Waals surface area contributed by atoms with Crippen LogP contribution in [0.25, 0.3) is 11.1 Å². The summed E-state index contributed by atoms with van der Waals surface area (Å²) in [5.74, 6) is -0.169. The van der Waals surface area contributed by atoms with E-state index in [9.17, 15) is 9.59 Å². The van der Waals surface area contributed by atoms with E-state index in [-0.39, 0.29) is 23.3 Å². The van der Waals surface area contributed by atoms with Crippen LogP contribution in [0.1, 0.15) is 60.5 Å². The number of likely N-dealkylation sites (tertiary alicyclic amines) is 1. The molecule has 1 amide bonds. The number of carbonyl (C=O) groups excluding carboxylic acids is 2. The molecule has 38 heavy (non-hydrogen) atoms. The zero-order valence-corrected chi connectivity index (χ0v) is 22.9. The zero-order valence-electron chi connectivity index (χ0n) is 22.9. The fourth-order valence-electron chi connectivity index (χ4n) is 5.49. The molecule has 0 spiro atoms. The first-order valence-corrected chi connectivity index (χ1v) is 13.7. The van der Waals surface area contributed by atoms with Crippen molar-refractivity contribution in [1.29, 1.82) is 0 Å². The summed E-state index contributed by atoms with van der Waals surface area (Å²) >= 11 is 0. The minimum Gasteiger partial charge on any atom is -0.469 e. The number of benzene rings is 3. The van der Waals surface area contributed by atoms with Crippen LogP contribution in [0.15, 0.2) is 78.9 Å². The second kappa shape index (κ2) is 12.9. The van der Waals surface area contributed by atoms with E-state index in [4.69, 9.17) is 4.74 Å². The first-order chi connectivity index (χ1) is 18.4. The van der Waals surface area contributed by atoms with Gasteiger partial charge in [0.15, 0.2) is 0 Å². The molecule has 1 unspecified atom stereocenters. The second-order valence-electron chi connectivity index (χ2n) is 10.8. The smallest absolute Gasteiger partial charge is 0.306 e. The van der Waals surface area contributed by atoms with E-state index in [1.165, 1.54) is 18.2 Å². The van der Waals surface area contributed by atoms with Crippen molar-refractivity contribution < 1.29 is 14.3 Å². The minimum atomic E-state index is -0.245. The Hall–Kier alpha value is -3.44. The summed E-state index contributed by atoms with van der Waals surface area (Å²) in [5, 5.41) is 3.29. The van der Waals surface area contributed by atoms with Crippen LogP contribution in [0.3, 0.4) is 0 Å². The molecule has 5 nitrogen and oxygen atoms in total. The van der Waals surface area contributed by atoms with Crippen molar-refractivity contribution in [2.45, 2.75) is 57.4 Å². The van der Waals surface area contributed by atoms with Crippen LogP contribution in [0.4, 0.5) is 0 Å². The van der Waals surface area contributed by atoms with Gasteiger partial charge in [-0.2, -0.15) is 0 Å². The van der Waals surface area contributed by atoms with Crippen molar-refractivity contribution in [2.75, 3.05) is 26.7 Å². The Labute approximate surface area is 227 Å². The lowest BCUT2D eigenvalue weighted by Crippen LogP contribution is -2.45. The van der Waals surface area contributed by atoms with Gasteiger partial charge in [-0.1, -0.05) is 85.3 Å². The molecule has 4 rings (SSSR count). The third kappa shape index (κ3) is 7.11. The lowest BCUT2D eigenvalue weighted by Gasteiger charge is -2.34. The van der Waals surface area contributed by atoms with Crippen LogP contribution >= 0.6 is 0 Å². The van der Waals surface area contributed by atoms with E-state index in [1.54, 1.807) is 0 Å². The lowest BCUT2D eigenvalue weighted by molar-refractivity contribution is -0.142. The van der Waals surface area contributed by atoms with E-state index in [0.717, 1.165) is 62.0 Å². The molecule has 3 aromatic rings. The first kappa shape index (κ1) is 27.6. The predicted molar refractivity (Wildman–Crippen MR) is 153 cm³/mol. The fourth-order valence-corrected chi connectivity index (χ4v) is 5.49. The third-order valence-electron chi connectivity index (χ3n) is 7.89. The number of hydrogen-bond donors (Lipinski definition) is 1. The number of ether oxygens (including phenoxy) is 1. The van der Waals surface area contributed by atoms with Crippen LogP contribution in [0.5, 0.6) is 0 Å². The van der Waals surface area contributed by atoms with Gasteiger partial charge in [0.1, 0.15) is 0 Å². The van der Waals surface area contributed by atoms with Crippen molar-refractivity contribution in [3.63, 3.8) is 0 Å². The summed E-state index contributed by atoms with van der Waals surface area (Å²) in [6, 6.07) is 26.6. The fraction of sp³-hybridized carbons (Fsp3) is 0.394. The molecular weight excluding hydrogens is 472 g/mol. The molecule has 1 fully saturated rings. The maximum Gasteiger partial charge on any atom is 0.306 e. The van der Waals surface area contributed by atoms with Crippen LogP contribution in [0.2, 0.25) is 0 Å². The number of carbonyl (C=O) groups is 2. The monoisotopic (exact) mass is 512 g/mol. The van der Waals surface area contributed by atoms with Crippen LogP contribution < -0.4 is 5.32 Å². The molecule has 1 aliphatic heterocycles. The Morgan fingerprint density at radius 3 is 2.29 bits per heavy atom. The number of piperidine rings is 1. The Morgan fingerprint density at radius 1 is 0.947 bits per heavy atom. The van der Waals surface area contributed by atoms with E-state index >= 15 is 0 Å². The van der Waals surface area contributed by atoms with Crippen molar-refractivity contribution in [1.82, 2.24) is 10.2 Å². The van der Waals surface area contributed by atoms with E-state index in [0.29, 0.717) is 6.42 Å². The highest BCUT2D eigenvalue weighted by Gasteiger charge is 2.30. The highest BCUT2D eigenvalue weighted by atomic mass is 16.5. The molecule has 0 aliphatic carbocycles. The molecule has 1 aliphatic rings. The van der Waals surface area contributed by atoms with Gasteiger partial charge in [0.25, 0.3) is 5.91 Å². The van der Waals surface area contributed by atoms with Crippen LogP contribution in [0, 0.1) is 6.92 Å².